The third-order valence-corrected chi connectivity index (χ3v) is 4.39. The summed E-state index contributed by atoms with van der Waals surface area (Å²) >= 11 is 0. The van der Waals surface area contributed by atoms with Crippen molar-refractivity contribution in [2.75, 3.05) is 13.2 Å². The van der Waals surface area contributed by atoms with Gasteiger partial charge in [-0.2, -0.15) is 0 Å². The smallest absolute Gasteiger partial charge is 0.0613 e. The number of hydrogen-bond acceptors (Lipinski definition) is 2. The summed E-state index contributed by atoms with van der Waals surface area (Å²) in [7, 11) is 0. The van der Waals surface area contributed by atoms with E-state index in [2.05, 4.69) is 63.3 Å². The Morgan fingerprint density at radius 1 is 1.24 bits per heavy atom. The van der Waals surface area contributed by atoms with Crippen LogP contribution in [0, 0.1) is 11.3 Å². The van der Waals surface area contributed by atoms with Crippen LogP contribution in [0.15, 0.2) is 30.3 Å². The molecule has 2 nitrogen and oxygen atoms in total. The van der Waals surface area contributed by atoms with E-state index in [9.17, 15) is 0 Å². The molecule has 1 heterocycles. The van der Waals surface area contributed by atoms with Crippen molar-refractivity contribution in [2.24, 2.45) is 11.3 Å². The van der Waals surface area contributed by atoms with Gasteiger partial charge in [0.05, 0.1) is 6.10 Å². The summed E-state index contributed by atoms with van der Waals surface area (Å²) in [6.45, 7) is 11.2. The summed E-state index contributed by atoms with van der Waals surface area (Å²) in [4.78, 5) is 0. The first-order valence-corrected chi connectivity index (χ1v) is 8.39. The predicted molar refractivity (Wildman–Crippen MR) is 89.4 cm³/mol. The molecule has 1 N–H and O–H groups in total. The zero-order chi connectivity index (χ0) is 15.3. The molecule has 0 aliphatic carbocycles. The number of benzene rings is 1. The lowest BCUT2D eigenvalue weighted by Crippen LogP contribution is -2.33. The normalized spacial score (nSPS) is 24.2. The van der Waals surface area contributed by atoms with Crippen molar-refractivity contribution in [2.45, 2.75) is 59.1 Å². The van der Waals surface area contributed by atoms with E-state index in [0.717, 1.165) is 26.0 Å². The maximum atomic E-state index is 5.81. The van der Waals surface area contributed by atoms with Crippen LogP contribution in [0.5, 0.6) is 0 Å². The summed E-state index contributed by atoms with van der Waals surface area (Å²) in [5.74, 6) is 0.668. The Kier molecular flexibility index (Phi) is 5.83. The number of ether oxygens (including phenoxy) is 1. The minimum atomic E-state index is 0.323. The Bertz CT molecular complexity index is 409. The topological polar surface area (TPSA) is 21.3 Å². The highest BCUT2D eigenvalue weighted by molar-refractivity contribution is 5.19. The Hall–Kier alpha value is -0.860. The van der Waals surface area contributed by atoms with Gasteiger partial charge in [0.15, 0.2) is 0 Å². The third kappa shape index (κ3) is 5.12. The third-order valence-electron chi connectivity index (χ3n) is 4.39. The fourth-order valence-corrected chi connectivity index (χ4v) is 3.28. The lowest BCUT2D eigenvalue weighted by Gasteiger charge is -2.29. The molecule has 3 atom stereocenters. The van der Waals surface area contributed by atoms with Crippen LogP contribution in [0.3, 0.4) is 0 Å². The second-order valence-electron chi connectivity index (χ2n) is 7.50. The van der Waals surface area contributed by atoms with Gasteiger partial charge < -0.3 is 10.1 Å². The van der Waals surface area contributed by atoms with E-state index in [1.807, 2.05) is 0 Å². The second kappa shape index (κ2) is 7.42. The van der Waals surface area contributed by atoms with Crippen LogP contribution in [0.1, 0.15) is 58.6 Å². The van der Waals surface area contributed by atoms with Crippen LogP contribution in [0.25, 0.3) is 0 Å². The molecule has 1 saturated heterocycles. The number of hydrogen-bond donors (Lipinski definition) is 1. The molecule has 0 spiro atoms. The monoisotopic (exact) mass is 289 g/mol. The highest BCUT2D eigenvalue weighted by Crippen LogP contribution is 2.30. The van der Waals surface area contributed by atoms with E-state index in [0.29, 0.717) is 23.5 Å². The molecule has 0 bridgehead atoms. The lowest BCUT2D eigenvalue weighted by atomic mass is 9.85. The standard InChI is InChI=1S/C19H31NO/c1-5-18-16(11-12-21-18)14-20-17(13-19(2,3)4)15-9-7-6-8-10-15/h6-10,16-18,20H,5,11-14H2,1-4H3. The molecule has 2 rings (SSSR count). The first kappa shape index (κ1) is 16.5. The van der Waals surface area contributed by atoms with Crippen LogP contribution in [0.2, 0.25) is 0 Å². The van der Waals surface area contributed by atoms with Crippen molar-refractivity contribution >= 4 is 0 Å². The van der Waals surface area contributed by atoms with E-state index >= 15 is 0 Å². The van der Waals surface area contributed by atoms with Crippen LogP contribution in [0.4, 0.5) is 0 Å². The zero-order valence-corrected chi connectivity index (χ0v) is 14.1. The molecule has 2 heteroatoms. The second-order valence-corrected chi connectivity index (χ2v) is 7.50. The minimum absolute atomic E-state index is 0.323. The van der Waals surface area contributed by atoms with E-state index in [4.69, 9.17) is 4.74 Å². The average Bonchev–Trinajstić information content (AvgIpc) is 2.90. The Morgan fingerprint density at radius 2 is 1.95 bits per heavy atom. The Morgan fingerprint density at radius 3 is 2.57 bits per heavy atom. The summed E-state index contributed by atoms with van der Waals surface area (Å²) < 4.78 is 5.81. The van der Waals surface area contributed by atoms with Gasteiger partial charge in [0.25, 0.3) is 0 Å². The van der Waals surface area contributed by atoms with Crippen molar-refractivity contribution < 1.29 is 4.74 Å². The summed E-state index contributed by atoms with van der Waals surface area (Å²) in [5, 5.41) is 3.82. The molecule has 21 heavy (non-hydrogen) atoms. The van der Waals surface area contributed by atoms with Gasteiger partial charge in [0.2, 0.25) is 0 Å². The molecule has 1 aliphatic heterocycles. The lowest BCUT2D eigenvalue weighted by molar-refractivity contribution is 0.0861. The highest BCUT2D eigenvalue weighted by atomic mass is 16.5. The molecule has 0 aromatic heterocycles. The van der Waals surface area contributed by atoms with Gasteiger partial charge in [-0.1, -0.05) is 58.0 Å². The fourth-order valence-electron chi connectivity index (χ4n) is 3.28. The van der Waals surface area contributed by atoms with Gasteiger partial charge >= 0.3 is 0 Å². The van der Waals surface area contributed by atoms with Gasteiger partial charge in [-0.3, -0.25) is 0 Å². The van der Waals surface area contributed by atoms with Gasteiger partial charge in [0, 0.05) is 19.2 Å². The van der Waals surface area contributed by atoms with E-state index in [-0.39, 0.29) is 0 Å². The zero-order valence-electron chi connectivity index (χ0n) is 14.1. The maximum absolute atomic E-state index is 5.81. The number of rotatable bonds is 6. The quantitative estimate of drug-likeness (QED) is 0.828. The number of nitrogens with one attached hydrogen (secondary N) is 1. The molecule has 0 saturated carbocycles. The van der Waals surface area contributed by atoms with E-state index < -0.39 is 0 Å². The predicted octanol–water partition coefficient (Wildman–Crippen LogP) is 4.57. The van der Waals surface area contributed by atoms with Crippen molar-refractivity contribution in [3.63, 3.8) is 0 Å². The Labute approximate surface area is 130 Å². The molecule has 3 unspecified atom stereocenters. The summed E-state index contributed by atoms with van der Waals surface area (Å²) in [5.41, 5.74) is 1.73. The van der Waals surface area contributed by atoms with Gasteiger partial charge in [0.1, 0.15) is 0 Å². The molecule has 1 aromatic rings. The first-order chi connectivity index (χ1) is 9.99. The highest BCUT2D eigenvalue weighted by Gasteiger charge is 2.28. The maximum Gasteiger partial charge on any atom is 0.0613 e. The van der Waals surface area contributed by atoms with Crippen LogP contribution >= 0.6 is 0 Å². The average molecular weight is 289 g/mol. The fraction of sp³-hybridized carbons (Fsp3) is 0.684. The molecule has 0 radical (unpaired) electrons. The van der Waals surface area contributed by atoms with Crippen LogP contribution in [-0.2, 0) is 4.74 Å². The first-order valence-electron chi connectivity index (χ1n) is 8.39. The van der Waals surface area contributed by atoms with Crippen molar-refractivity contribution in [3.05, 3.63) is 35.9 Å². The molecule has 0 amide bonds. The molecule has 1 aromatic carbocycles. The van der Waals surface area contributed by atoms with Gasteiger partial charge in [-0.25, -0.2) is 0 Å². The molecular formula is C19H31NO. The summed E-state index contributed by atoms with van der Waals surface area (Å²) in [6, 6.07) is 11.3. The van der Waals surface area contributed by atoms with Crippen LogP contribution < -0.4 is 5.32 Å². The molecular weight excluding hydrogens is 258 g/mol. The van der Waals surface area contributed by atoms with Gasteiger partial charge in [-0.05, 0) is 36.2 Å². The Balaban J connectivity index is 1.99. The largest absolute Gasteiger partial charge is 0.378 e. The van der Waals surface area contributed by atoms with Crippen LogP contribution in [-0.4, -0.2) is 19.3 Å². The molecule has 1 aliphatic rings. The SMILES string of the molecule is CCC1OCCC1CNC(CC(C)(C)C)c1ccccc1. The van der Waals surface area contributed by atoms with Crippen molar-refractivity contribution in [3.8, 4) is 0 Å². The molecule has 1 fully saturated rings. The van der Waals surface area contributed by atoms with Gasteiger partial charge in [-0.15, -0.1) is 0 Å². The van der Waals surface area contributed by atoms with E-state index in [1.54, 1.807) is 0 Å². The van der Waals surface area contributed by atoms with Crippen molar-refractivity contribution in [1.29, 1.82) is 0 Å². The summed E-state index contributed by atoms with van der Waals surface area (Å²) in [6.07, 6.45) is 3.93. The molecule has 118 valence electrons. The minimum Gasteiger partial charge on any atom is -0.378 e. The van der Waals surface area contributed by atoms with E-state index in [1.165, 1.54) is 12.0 Å². The van der Waals surface area contributed by atoms with Crippen molar-refractivity contribution in [1.82, 2.24) is 5.32 Å².